The molecule has 0 aromatic carbocycles. The molecule has 0 radical (unpaired) electrons. The zero-order valence-corrected chi connectivity index (χ0v) is 12.8. The summed E-state index contributed by atoms with van der Waals surface area (Å²) in [5, 5.41) is 0. The highest BCUT2D eigenvalue weighted by Gasteiger charge is 2.25. The monoisotopic (exact) mass is 327 g/mol. The van der Waals surface area contributed by atoms with Crippen LogP contribution in [0.15, 0.2) is 33.4 Å². The Kier molecular flexibility index (Phi) is 3.79. The quantitative estimate of drug-likeness (QED) is 0.629. The van der Waals surface area contributed by atoms with Crippen LogP contribution in [0.1, 0.15) is 26.5 Å². The molecule has 2 aromatic heterocycles. The van der Waals surface area contributed by atoms with Gasteiger partial charge in [-0.3, -0.25) is 4.40 Å². The van der Waals surface area contributed by atoms with Crippen LogP contribution in [0.3, 0.4) is 0 Å². The van der Waals surface area contributed by atoms with Crippen LogP contribution in [0.5, 0.6) is 0 Å². The standard InChI is InChI=1S/C12H14BrN3OS/c1-12(2,3)18(17)15-8-9-7-14-11-10(13)5-4-6-16(9)11/h4-8H,1-3H3. The van der Waals surface area contributed by atoms with Crippen LogP contribution in [-0.2, 0) is 11.4 Å². The molecule has 0 aliphatic rings. The first-order valence-corrected chi connectivity index (χ1v) is 7.37. The molecule has 4 nitrogen and oxygen atoms in total. The van der Waals surface area contributed by atoms with Crippen molar-refractivity contribution in [2.45, 2.75) is 25.5 Å². The van der Waals surface area contributed by atoms with Gasteiger partial charge >= 0.3 is 0 Å². The van der Waals surface area contributed by atoms with Crippen LogP contribution < -0.4 is 0 Å². The normalized spacial score (nSPS) is 14.5. The molecule has 0 bridgehead atoms. The maximum absolute atomic E-state index is 11.8. The second kappa shape index (κ2) is 5.03. The molecule has 2 aromatic rings. The minimum atomic E-state index is -1.25. The fraction of sp³-hybridized carbons (Fsp3) is 0.333. The van der Waals surface area contributed by atoms with E-state index in [1.165, 1.54) is 0 Å². The maximum Gasteiger partial charge on any atom is 0.151 e. The van der Waals surface area contributed by atoms with Crippen molar-refractivity contribution in [3.63, 3.8) is 0 Å². The smallest absolute Gasteiger partial charge is 0.151 e. The number of hydrogen-bond donors (Lipinski definition) is 0. The summed E-state index contributed by atoms with van der Waals surface area (Å²) < 4.78 is 18.4. The molecule has 96 valence electrons. The van der Waals surface area contributed by atoms with E-state index in [1.807, 2.05) is 43.5 Å². The fourth-order valence-electron chi connectivity index (χ4n) is 1.35. The third-order valence-electron chi connectivity index (χ3n) is 2.32. The van der Waals surface area contributed by atoms with E-state index in [4.69, 9.17) is 0 Å². The lowest BCUT2D eigenvalue weighted by molar-refractivity contribution is 0.562. The molecule has 0 fully saturated rings. The molecule has 18 heavy (non-hydrogen) atoms. The van der Waals surface area contributed by atoms with E-state index in [0.717, 1.165) is 15.8 Å². The van der Waals surface area contributed by atoms with Crippen LogP contribution in [0.25, 0.3) is 5.65 Å². The van der Waals surface area contributed by atoms with Gasteiger partial charge in [-0.2, -0.15) is 0 Å². The molecular weight excluding hydrogens is 314 g/mol. The predicted octanol–water partition coefficient (Wildman–Crippen LogP) is 2.98. The first-order chi connectivity index (χ1) is 8.39. The third kappa shape index (κ3) is 2.76. The van der Waals surface area contributed by atoms with Gasteiger partial charge in [0.15, 0.2) is 5.65 Å². The van der Waals surface area contributed by atoms with E-state index in [-0.39, 0.29) is 4.75 Å². The highest BCUT2D eigenvalue weighted by molar-refractivity contribution is 9.10. The van der Waals surface area contributed by atoms with Crippen LogP contribution in [0.4, 0.5) is 0 Å². The Balaban J connectivity index is 2.33. The van der Waals surface area contributed by atoms with Gasteiger partial charge in [-0.1, -0.05) is 4.40 Å². The van der Waals surface area contributed by atoms with Crippen molar-refractivity contribution in [2.24, 2.45) is 4.40 Å². The molecule has 0 spiro atoms. The Morgan fingerprint density at radius 3 is 2.89 bits per heavy atom. The fourth-order valence-corrected chi connectivity index (χ4v) is 2.32. The molecule has 6 heteroatoms. The average molecular weight is 328 g/mol. The van der Waals surface area contributed by atoms with E-state index < -0.39 is 11.4 Å². The second-order valence-electron chi connectivity index (χ2n) is 4.83. The average Bonchev–Trinajstić information content (AvgIpc) is 2.69. The summed E-state index contributed by atoms with van der Waals surface area (Å²) in [6.45, 7) is 5.68. The molecule has 2 heterocycles. The Morgan fingerprint density at radius 1 is 1.50 bits per heavy atom. The van der Waals surface area contributed by atoms with Crippen molar-refractivity contribution in [1.29, 1.82) is 0 Å². The second-order valence-corrected chi connectivity index (χ2v) is 7.62. The SMILES string of the molecule is CC(C)(C)[S+]([O-])N=Cc1cnc2c(Br)cccn12. The van der Waals surface area contributed by atoms with Crippen molar-refractivity contribution in [3.05, 3.63) is 34.7 Å². The minimum absolute atomic E-state index is 0.350. The molecule has 0 saturated heterocycles. The van der Waals surface area contributed by atoms with Gasteiger partial charge < -0.3 is 4.55 Å². The van der Waals surface area contributed by atoms with Gasteiger partial charge in [-0.15, -0.1) is 0 Å². The summed E-state index contributed by atoms with van der Waals surface area (Å²) in [5.41, 5.74) is 1.63. The Hall–Kier alpha value is -0.850. The molecule has 0 aliphatic heterocycles. The van der Waals surface area contributed by atoms with E-state index in [0.29, 0.717) is 0 Å². The van der Waals surface area contributed by atoms with E-state index >= 15 is 0 Å². The predicted molar refractivity (Wildman–Crippen MR) is 78.4 cm³/mol. The number of halogens is 1. The van der Waals surface area contributed by atoms with Gasteiger partial charge in [0.2, 0.25) is 0 Å². The molecule has 0 N–H and O–H groups in total. The van der Waals surface area contributed by atoms with Crippen molar-refractivity contribution < 1.29 is 4.55 Å². The summed E-state index contributed by atoms with van der Waals surface area (Å²) in [4.78, 5) is 4.28. The van der Waals surface area contributed by atoms with E-state index in [2.05, 4.69) is 25.3 Å². The largest absolute Gasteiger partial charge is 0.591 e. The van der Waals surface area contributed by atoms with Gasteiger partial charge in [-0.05, 0) is 48.8 Å². The Bertz CT molecular complexity index is 589. The van der Waals surface area contributed by atoms with Gasteiger partial charge in [0.1, 0.15) is 22.3 Å². The molecule has 0 aliphatic carbocycles. The lowest BCUT2D eigenvalue weighted by Crippen LogP contribution is -2.25. The van der Waals surface area contributed by atoms with E-state index in [1.54, 1.807) is 12.4 Å². The van der Waals surface area contributed by atoms with Crippen molar-refractivity contribution in [1.82, 2.24) is 9.38 Å². The maximum atomic E-state index is 11.8. The lowest BCUT2D eigenvalue weighted by atomic mass is 10.3. The van der Waals surface area contributed by atoms with E-state index in [9.17, 15) is 4.55 Å². The molecule has 2 rings (SSSR count). The number of imidazole rings is 1. The molecule has 0 saturated carbocycles. The number of nitrogens with zero attached hydrogens (tertiary/aromatic N) is 3. The lowest BCUT2D eigenvalue weighted by Gasteiger charge is -2.17. The van der Waals surface area contributed by atoms with Crippen molar-refractivity contribution in [3.8, 4) is 0 Å². The van der Waals surface area contributed by atoms with Gasteiger partial charge in [0, 0.05) is 6.20 Å². The van der Waals surface area contributed by atoms with Crippen LogP contribution in [0.2, 0.25) is 0 Å². The Morgan fingerprint density at radius 2 is 2.22 bits per heavy atom. The van der Waals surface area contributed by atoms with Gasteiger partial charge in [-0.25, -0.2) is 4.98 Å². The number of aromatic nitrogens is 2. The summed E-state index contributed by atoms with van der Waals surface area (Å²) in [5.74, 6) is 0. The highest BCUT2D eigenvalue weighted by atomic mass is 79.9. The van der Waals surface area contributed by atoms with Gasteiger partial charge in [0.25, 0.3) is 0 Å². The van der Waals surface area contributed by atoms with Crippen LogP contribution in [-0.4, -0.2) is 24.9 Å². The summed E-state index contributed by atoms with van der Waals surface area (Å²) >= 11 is 2.18. The molecule has 1 atom stereocenters. The molecular formula is C12H14BrN3OS. The minimum Gasteiger partial charge on any atom is -0.591 e. The summed E-state index contributed by atoms with van der Waals surface area (Å²) in [6.07, 6.45) is 5.21. The van der Waals surface area contributed by atoms with Crippen LogP contribution >= 0.6 is 15.9 Å². The zero-order chi connectivity index (χ0) is 13.3. The summed E-state index contributed by atoms with van der Waals surface area (Å²) in [7, 11) is 0. The number of pyridine rings is 1. The number of hydrogen-bond acceptors (Lipinski definition) is 3. The van der Waals surface area contributed by atoms with Crippen molar-refractivity contribution in [2.75, 3.05) is 0 Å². The van der Waals surface area contributed by atoms with Crippen molar-refractivity contribution >= 4 is 39.2 Å². The molecule has 1 unspecified atom stereocenters. The highest BCUT2D eigenvalue weighted by Crippen LogP contribution is 2.19. The molecule has 0 amide bonds. The summed E-state index contributed by atoms with van der Waals surface area (Å²) in [6, 6.07) is 3.84. The first-order valence-electron chi connectivity index (χ1n) is 5.47. The zero-order valence-electron chi connectivity index (χ0n) is 10.4. The Labute approximate surface area is 118 Å². The van der Waals surface area contributed by atoms with Gasteiger partial charge in [0.05, 0.1) is 16.4 Å². The number of fused-ring (bicyclic) bond motifs is 1. The number of rotatable bonds is 2. The third-order valence-corrected chi connectivity index (χ3v) is 4.28. The topological polar surface area (TPSA) is 52.7 Å². The first kappa shape index (κ1) is 13.6. The van der Waals surface area contributed by atoms with Crippen LogP contribution in [0, 0.1) is 0 Å².